The highest BCUT2D eigenvalue weighted by Crippen LogP contribution is 2.26. The van der Waals surface area contributed by atoms with Crippen molar-refractivity contribution in [3.05, 3.63) is 22.4 Å². The van der Waals surface area contributed by atoms with Crippen LogP contribution in [0.15, 0.2) is 17.5 Å². The standard InChI is InChI=1S/C14H23NO2S/c1-4-5-8-14(16)17-12(9-10-15(2)3)13-7-6-11-18-13/h6-7,11-12H,4-5,8-10H2,1-3H3/t12-/m0/s1. The molecule has 0 bridgehead atoms. The molecule has 0 fully saturated rings. The van der Waals surface area contributed by atoms with Crippen LogP contribution in [0.25, 0.3) is 0 Å². The third kappa shape index (κ3) is 5.65. The number of hydrogen-bond donors (Lipinski definition) is 0. The van der Waals surface area contributed by atoms with Gasteiger partial charge in [0.15, 0.2) is 0 Å². The van der Waals surface area contributed by atoms with Gasteiger partial charge in [0.1, 0.15) is 6.10 Å². The number of rotatable bonds is 8. The van der Waals surface area contributed by atoms with Crippen LogP contribution in [0.2, 0.25) is 0 Å². The molecule has 102 valence electrons. The van der Waals surface area contributed by atoms with E-state index in [0.717, 1.165) is 30.7 Å². The van der Waals surface area contributed by atoms with E-state index in [1.165, 1.54) is 0 Å². The van der Waals surface area contributed by atoms with Gasteiger partial charge in [-0.05, 0) is 32.0 Å². The fourth-order valence-electron chi connectivity index (χ4n) is 1.65. The smallest absolute Gasteiger partial charge is 0.306 e. The van der Waals surface area contributed by atoms with E-state index in [1.807, 2.05) is 31.6 Å². The van der Waals surface area contributed by atoms with Crippen LogP contribution < -0.4 is 0 Å². The summed E-state index contributed by atoms with van der Waals surface area (Å²) in [5.41, 5.74) is 0. The average molecular weight is 269 g/mol. The molecule has 1 aromatic heterocycles. The first-order valence-corrected chi connectivity index (χ1v) is 7.39. The number of thiophene rings is 1. The predicted octanol–water partition coefficient (Wildman–Crippen LogP) is 3.47. The molecule has 0 unspecified atom stereocenters. The first-order valence-electron chi connectivity index (χ1n) is 6.51. The Labute approximate surface area is 114 Å². The lowest BCUT2D eigenvalue weighted by molar-refractivity contribution is -0.149. The van der Waals surface area contributed by atoms with Crippen molar-refractivity contribution in [3.8, 4) is 0 Å². The summed E-state index contributed by atoms with van der Waals surface area (Å²) in [7, 11) is 4.06. The van der Waals surface area contributed by atoms with Crippen LogP contribution in [0.4, 0.5) is 0 Å². The molecular weight excluding hydrogens is 246 g/mol. The van der Waals surface area contributed by atoms with Crippen molar-refractivity contribution < 1.29 is 9.53 Å². The van der Waals surface area contributed by atoms with Gasteiger partial charge in [0.05, 0.1) is 0 Å². The summed E-state index contributed by atoms with van der Waals surface area (Å²) in [6.07, 6.45) is 3.23. The summed E-state index contributed by atoms with van der Waals surface area (Å²) in [5, 5.41) is 2.03. The van der Waals surface area contributed by atoms with Gasteiger partial charge in [-0.15, -0.1) is 11.3 Å². The molecule has 0 aliphatic carbocycles. The minimum atomic E-state index is -0.0863. The average Bonchev–Trinajstić information content (AvgIpc) is 2.85. The van der Waals surface area contributed by atoms with Gasteiger partial charge >= 0.3 is 5.97 Å². The molecule has 3 nitrogen and oxygen atoms in total. The largest absolute Gasteiger partial charge is 0.457 e. The Morgan fingerprint density at radius 1 is 1.50 bits per heavy atom. The Morgan fingerprint density at radius 3 is 2.83 bits per heavy atom. The minimum Gasteiger partial charge on any atom is -0.457 e. The van der Waals surface area contributed by atoms with E-state index in [2.05, 4.69) is 11.8 Å². The summed E-state index contributed by atoms with van der Waals surface area (Å²) in [4.78, 5) is 15.0. The van der Waals surface area contributed by atoms with E-state index in [-0.39, 0.29) is 12.1 Å². The normalized spacial score (nSPS) is 12.7. The Kier molecular flexibility index (Phi) is 6.98. The number of nitrogens with zero attached hydrogens (tertiary/aromatic N) is 1. The second-order valence-corrected chi connectivity index (χ2v) is 5.67. The van der Waals surface area contributed by atoms with Crippen LogP contribution >= 0.6 is 11.3 Å². The molecule has 0 N–H and O–H groups in total. The predicted molar refractivity (Wildman–Crippen MR) is 75.8 cm³/mol. The quantitative estimate of drug-likeness (QED) is 0.677. The highest BCUT2D eigenvalue weighted by molar-refractivity contribution is 7.10. The zero-order chi connectivity index (χ0) is 13.4. The van der Waals surface area contributed by atoms with Crippen molar-refractivity contribution in [2.45, 2.75) is 38.7 Å². The van der Waals surface area contributed by atoms with Crippen LogP contribution in [0.5, 0.6) is 0 Å². The van der Waals surface area contributed by atoms with E-state index < -0.39 is 0 Å². The van der Waals surface area contributed by atoms with E-state index in [9.17, 15) is 4.79 Å². The molecule has 0 saturated carbocycles. The lowest BCUT2D eigenvalue weighted by Gasteiger charge is -2.19. The van der Waals surface area contributed by atoms with E-state index in [0.29, 0.717) is 6.42 Å². The summed E-state index contributed by atoms with van der Waals surface area (Å²) in [6.45, 7) is 3.00. The summed E-state index contributed by atoms with van der Waals surface area (Å²) in [6, 6.07) is 4.04. The van der Waals surface area contributed by atoms with Crippen LogP contribution in [-0.4, -0.2) is 31.5 Å². The third-order valence-corrected chi connectivity index (χ3v) is 3.67. The lowest BCUT2D eigenvalue weighted by atomic mass is 10.2. The molecule has 18 heavy (non-hydrogen) atoms. The number of unbranched alkanes of at least 4 members (excludes halogenated alkanes) is 1. The molecular formula is C14H23NO2S. The fourth-order valence-corrected chi connectivity index (χ4v) is 2.44. The maximum absolute atomic E-state index is 11.7. The van der Waals surface area contributed by atoms with Crippen molar-refractivity contribution >= 4 is 17.3 Å². The maximum Gasteiger partial charge on any atom is 0.306 e. The molecule has 0 spiro atoms. The minimum absolute atomic E-state index is 0.0750. The van der Waals surface area contributed by atoms with Crippen LogP contribution in [0, 0.1) is 0 Å². The number of esters is 1. The number of ether oxygens (including phenoxy) is 1. The Bertz CT molecular complexity index is 336. The Balaban J connectivity index is 2.52. The Hall–Kier alpha value is -0.870. The van der Waals surface area contributed by atoms with E-state index in [1.54, 1.807) is 11.3 Å². The third-order valence-electron chi connectivity index (χ3n) is 2.71. The van der Waals surface area contributed by atoms with Gasteiger partial charge in [-0.2, -0.15) is 0 Å². The second-order valence-electron chi connectivity index (χ2n) is 4.69. The number of carbonyl (C=O) groups excluding carboxylic acids is 1. The second kappa shape index (κ2) is 8.27. The SMILES string of the molecule is CCCCC(=O)O[C@@H](CCN(C)C)c1cccs1. The molecule has 1 rings (SSSR count). The van der Waals surface area contributed by atoms with Crippen molar-refractivity contribution in [2.24, 2.45) is 0 Å². The van der Waals surface area contributed by atoms with Crippen molar-refractivity contribution in [1.29, 1.82) is 0 Å². The number of carbonyl (C=O) groups is 1. The monoisotopic (exact) mass is 269 g/mol. The summed E-state index contributed by atoms with van der Waals surface area (Å²) in [5.74, 6) is -0.0750. The Morgan fingerprint density at radius 2 is 2.28 bits per heavy atom. The molecule has 0 amide bonds. The summed E-state index contributed by atoms with van der Waals surface area (Å²) >= 11 is 1.65. The van der Waals surface area contributed by atoms with Crippen molar-refractivity contribution in [3.63, 3.8) is 0 Å². The molecule has 4 heteroatoms. The van der Waals surface area contributed by atoms with Crippen molar-refractivity contribution in [2.75, 3.05) is 20.6 Å². The fraction of sp³-hybridized carbons (Fsp3) is 0.643. The van der Waals surface area contributed by atoms with Crippen LogP contribution in [-0.2, 0) is 9.53 Å². The highest BCUT2D eigenvalue weighted by atomic mass is 32.1. The molecule has 1 heterocycles. The van der Waals surface area contributed by atoms with E-state index in [4.69, 9.17) is 4.74 Å². The zero-order valence-electron chi connectivity index (χ0n) is 11.5. The lowest BCUT2D eigenvalue weighted by Crippen LogP contribution is -2.18. The van der Waals surface area contributed by atoms with Crippen LogP contribution in [0.3, 0.4) is 0 Å². The van der Waals surface area contributed by atoms with Gasteiger partial charge in [-0.1, -0.05) is 19.4 Å². The first-order chi connectivity index (χ1) is 8.63. The van der Waals surface area contributed by atoms with Gasteiger partial charge in [-0.3, -0.25) is 4.79 Å². The molecule has 0 aromatic carbocycles. The van der Waals surface area contributed by atoms with Gasteiger partial charge in [0, 0.05) is 24.3 Å². The van der Waals surface area contributed by atoms with Crippen molar-refractivity contribution in [1.82, 2.24) is 4.90 Å². The highest BCUT2D eigenvalue weighted by Gasteiger charge is 2.17. The molecule has 0 aliphatic heterocycles. The maximum atomic E-state index is 11.7. The van der Waals surface area contributed by atoms with Crippen LogP contribution in [0.1, 0.15) is 43.6 Å². The molecule has 1 aromatic rings. The van der Waals surface area contributed by atoms with Gasteiger partial charge in [-0.25, -0.2) is 0 Å². The molecule has 0 saturated heterocycles. The van der Waals surface area contributed by atoms with E-state index >= 15 is 0 Å². The zero-order valence-corrected chi connectivity index (χ0v) is 12.3. The molecule has 0 radical (unpaired) electrons. The topological polar surface area (TPSA) is 29.5 Å². The van der Waals surface area contributed by atoms with Gasteiger partial charge in [0.2, 0.25) is 0 Å². The van der Waals surface area contributed by atoms with Gasteiger partial charge < -0.3 is 9.64 Å². The molecule has 1 atom stereocenters. The summed E-state index contributed by atoms with van der Waals surface area (Å²) < 4.78 is 5.59. The molecule has 0 aliphatic rings. The van der Waals surface area contributed by atoms with Gasteiger partial charge in [0.25, 0.3) is 0 Å². The number of hydrogen-bond acceptors (Lipinski definition) is 4. The first kappa shape index (κ1) is 15.2.